The highest BCUT2D eigenvalue weighted by Crippen LogP contribution is 2.25. The average Bonchev–Trinajstić information content (AvgIpc) is 2.58. The summed E-state index contributed by atoms with van der Waals surface area (Å²) in [5.41, 5.74) is 6.77. The summed E-state index contributed by atoms with van der Waals surface area (Å²) in [5, 5.41) is 2.76. The predicted octanol–water partition coefficient (Wildman–Crippen LogP) is 2.49. The predicted molar refractivity (Wildman–Crippen MR) is 64.8 cm³/mol. The number of rotatable bonds is 2. The first-order chi connectivity index (χ1) is 7.16. The van der Waals surface area contributed by atoms with Gasteiger partial charge in [0, 0.05) is 24.0 Å². The van der Waals surface area contributed by atoms with Crippen LogP contribution in [0.5, 0.6) is 0 Å². The van der Waals surface area contributed by atoms with Crippen molar-refractivity contribution < 1.29 is 0 Å². The van der Waals surface area contributed by atoms with E-state index in [0.717, 1.165) is 12.2 Å². The molecule has 3 nitrogen and oxygen atoms in total. The summed E-state index contributed by atoms with van der Waals surface area (Å²) >= 11 is 1.54. The second kappa shape index (κ2) is 4.49. The standard InChI is InChI=1S/C11H19N3S/c1-8-4-3-5-9(2)14(8)6-10-7-15-11(12)13-10/h7-9H,3-6H2,1-2H3,(H2,12,13). The van der Waals surface area contributed by atoms with E-state index in [9.17, 15) is 0 Å². The van der Waals surface area contributed by atoms with Gasteiger partial charge in [-0.25, -0.2) is 4.98 Å². The molecule has 0 radical (unpaired) electrons. The van der Waals surface area contributed by atoms with Gasteiger partial charge in [-0.15, -0.1) is 11.3 Å². The second-order valence-corrected chi connectivity index (χ2v) is 5.37. The molecule has 0 spiro atoms. The van der Waals surface area contributed by atoms with Crippen LogP contribution in [0.15, 0.2) is 5.38 Å². The van der Waals surface area contributed by atoms with Crippen molar-refractivity contribution in [3.8, 4) is 0 Å². The van der Waals surface area contributed by atoms with Crippen molar-refractivity contribution in [2.24, 2.45) is 0 Å². The van der Waals surface area contributed by atoms with Crippen molar-refractivity contribution in [2.45, 2.75) is 51.7 Å². The molecule has 2 N–H and O–H groups in total. The zero-order chi connectivity index (χ0) is 10.8. The maximum atomic E-state index is 5.64. The van der Waals surface area contributed by atoms with Crippen molar-refractivity contribution in [1.29, 1.82) is 0 Å². The number of nitrogens with two attached hydrogens (primary N) is 1. The van der Waals surface area contributed by atoms with Gasteiger partial charge >= 0.3 is 0 Å². The Labute approximate surface area is 95.3 Å². The molecule has 0 aromatic carbocycles. The van der Waals surface area contributed by atoms with Crippen LogP contribution in [0.25, 0.3) is 0 Å². The number of piperidine rings is 1. The fourth-order valence-electron chi connectivity index (χ4n) is 2.37. The van der Waals surface area contributed by atoms with Crippen molar-refractivity contribution in [1.82, 2.24) is 9.88 Å². The number of thiazole rings is 1. The fraction of sp³-hybridized carbons (Fsp3) is 0.727. The molecule has 15 heavy (non-hydrogen) atoms. The minimum Gasteiger partial charge on any atom is -0.375 e. The van der Waals surface area contributed by atoms with Gasteiger partial charge in [0.2, 0.25) is 0 Å². The molecular weight excluding hydrogens is 206 g/mol. The van der Waals surface area contributed by atoms with E-state index in [1.807, 2.05) is 0 Å². The van der Waals surface area contributed by atoms with E-state index in [1.54, 1.807) is 0 Å². The average molecular weight is 225 g/mol. The molecule has 1 fully saturated rings. The van der Waals surface area contributed by atoms with Gasteiger partial charge in [-0.05, 0) is 26.7 Å². The Hall–Kier alpha value is -0.610. The maximum absolute atomic E-state index is 5.64. The third kappa shape index (κ3) is 2.49. The van der Waals surface area contributed by atoms with E-state index in [-0.39, 0.29) is 0 Å². The van der Waals surface area contributed by atoms with Crippen LogP contribution in [-0.2, 0) is 6.54 Å². The molecule has 2 rings (SSSR count). The molecule has 1 aliphatic heterocycles. The SMILES string of the molecule is CC1CCCC(C)N1Cc1csc(N)n1. The summed E-state index contributed by atoms with van der Waals surface area (Å²) in [7, 11) is 0. The molecule has 0 bridgehead atoms. The van der Waals surface area contributed by atoms with Crippen LogP contribution >= 0.6 is 11.3 Å². The van der Waals surface area contributed by atoms with E-state index in [0.29, 0.717) is 17.2 Å². The van der Waals surface area contributed by atoms with Crippen LogP contribution in [0.2, 0.25) is 0 Å². The van der Waals surface area contributed by atoms with Crippen LogP contribution in [0, 0.1) is 0 Å². The van der Waals surface area contributed by atoms with Gasteiger partial charge in [-0.2, -0.15) is 0 Å². The van der Waals surface area contributed by atoms with E-state index in [4.69, 9.17) is 5.73 Å². The fourth-order valence-corrected chi connectivity index (χ4v) is 2.92. The van der Waals surface area contributed by atoms with Crippen molar-refractivity contribution in [2.75, 3.05) is 5.73 Å². The Bertz CT molecular complexity index is 313. The summed E-state index contributed by atoms with van der Waals surface area (Å²) in [6.07, 6.45) is 3.98. The smallest absolute Gasteiger partial charge is 0.180 e. The Morgan fingerprint density at radius 1 is 1.47 bits per heavy atom. The van der Waals surface area contributed by atoms with Crippen molar-refractivity contribution in [3.05, 3.63) is 11.1 Å². The summed E-state index contributed by atoms with van der Waals surface area (Å²) < 4.78 is 0. The quantitative estimate of drug-likeness (QED) is 0.841. The van der Waals surface area contributed by atoms with Crippen LogP contribution < -0.4 is 5.73 Å². The molecule has 1 aromatic heterocycles. The molecule has 1 aliphatic rings. The van der Waals surface area contributed by atoms with E-state index < -0.39 is 0 Å². The first-order valence-corrected chi connectivity index (χ1v) is 6.50. The van der Waals surface area contributed by atoms with Gasteiger partial charge in [0.1, 0.15) is 0 Å². The number of nitrogens with zero attached hydrogens (tertiary/aromatic N) is 2. The number of anilines is 1. The highest BCUT2D eigenvalue weighted by atomic mass is 32.1. The minimum absolute atomic E-state index is 0.677. The third-order valence-electron chi connectivity index (χ3n) is 3.29. The molecule has 0 saturated carbocycles. The van der Waals surface area contributed by atoms with Crippen LogP contribution in [0.1, 0.15) is 38.8 Å². The van der Waals surface area contributed by atoms with Crippen LogP contribution in [-0.4, -0.2) is 22.0 Å². The molecule has 2 atom stereocenters. The van der Waals surface area contributed by atoms with Gasteiger partial charge in [-0.3, -0.25) is 4.90 Å². The highest BCUT2D eigenvalue weighted by Gasteiger charge is 2.24. The lowest BCUT2D eigenvalue weighted by Crippen LogP contribution is -2.43. The maximum Gasteiger partial charge on any atom is 0.180 e. The normalized spacial score (nSPS) is 28.1. The summed E-state index contributed by atoms with van der Waals surface area (Å²) in [4.78, 5) is 6.87. The largest absolute Gasteiger partial charge is 0.375 e. The van der Waals surface area contributed by atoms with Gasteiger partial charge in [-0.1, -0.05) is 6.42 Å². The number of aromatic nitrogens is 1. The lowest BCUT2D eigenvalue weighted by Gasteiger charge is -2.38. The van der Waals surface area contributed by atoms with E-state index in [2.05, 4.69) is 29.1 Å². The molecule has 2 heterocycles. The molecule has 2 unspecified atom stereocenters. The zero-order valence-electron chi connectivity index (χ0n) is 9.44. The monoisotopic (exact) mass is 225 g/mol. The van der Waals surface area contributed by atoms with E-state index in [1.165, 1.54) is 30.6 Å². The molecule has 1 saturated heterocycles. The second-order valence-electron chi connectivity index (χ2n) is 4.48. The van der Waals surface area contributed by atoms with Crippen molar-refractivity contribution in [3.63, 3.8) is 0 Å². The van der Waals surface area contributed by atoms with Crippen molar-refractivity contribution >= 4 is 16.5 Å². The number of likely N-dealkylation sites (tertiary alicyclic amines) is 1. The third-order valence-corrected chi connectivity index (χ3v) is 4.01. The van der Waals surface area contributed by atoms with Gasteiger partial charge in [0.25, 0.3) is 0 Å². The first kappa shape index (κ1) is 10.9. The summed E-state index contributed by atoms with van der Waals surface area (Å²) in [6, 6.07) is 1.35. The van der Waals surface area contributed by atoms with Crippen LogP contribution in [0.4, 0.5) is 5.13 Å². The van der Waals surface area contributed by atoms with Crippen LogP contribution in [0.3, 0.4) is 0 Å². The van der Waals surface area contributed by atoms with Gasteiger partial charge < -0.3 is 5.73 Å². The lowest BCUT2D eigenvalue weighted by atomic mass is 9.97. The summed E-state index contributed by atoms with van der Waals surface area (Å²) in [5.74, 6) is 0. The lowest BCUT2D eigenvalue weighted by molar-refractivity contribution is 0.0941. The summed E-state index contributed by atoms with van der Waals surface area (Å²) in [6.45, 7) is 5.58. The zero-order valence-corrected chi connectivity index (χ0v) is 10.3. The molecule has 0 aliphatic carbocycles. The van der Waals surface area contributed by atoms with E-state index >= 15 is 0 Å². The minimum atomic E-state index is 0.677. The Morgan fingerprint density at radius 2 is 2.13 bits per heavy atom. The van der Waals surface area contributed by atoms with Gasteiger partial charge in [0.05, 0.1) is 5.69 Å². The Morgan fingerprint density at radius 3 is 2.67 bits per heavy atom. The molecule has 4 heteroatoms. The molecular formula is C11H19N3S. The number of nitrogen functional groups attached to an aromatic ring is 1. The first-order valence-electron chi connectivity index (χ1n) is 5.62. The molecule has 84 valence electrons. The highest BCUT2D eigenvalue weighted by molar-refractivity contribution is 7.13. The number of hydrogen-bond donors (Lipinski definition) is 1. The topological polar surface area (TPSA) is 42.1 Å². The Balaban J connectivity index is 2.03. The Kier molecular flexibility index (Phi) is 3.26. The molecule has 1 aromatic rings. The van der Waals surface area contributed by atoms with Gasteiger partial charge in [0.15, 0.2) is 5.13 Å². The number of hydrogen-bond acceptors (Lipinski definition) is 4. The molecule has 0 amide bonds.